The molecule has 2 atom stereocenters. The first kappa shape index (κ1) is 24.7. The number of quaternary nitrogens is 1. The summed E-state index contributed by atoms with van der Waals surface area (Å²) in [6.07, 6.45) is 2.24. The molecule has 1 aliphatic heterocycles. The largest absolute Gasteiger partial charge is 0.462 e. The zero-order chi connectivity index (χ0) is 22.8. The normalized spacial score (nSPS) is 18.5. The number of likely N-dealkylation sites (tertiary alicyclic amines) is 1. The molecule has 1 saturated heterocycles. The molecule has 172 valence electrons. The van der Waals surface area contributed by atoms with Crippen molar-refractivity contribution in [3.05, 3.63) is 29.8 Å². The minimum atomic E-state index is -0.407. The molecule has 0 unspecified atom stereocenters. The molecule has 1 aromatic rings. The Morgan fingerprint density at radius 3 is 2.65 bits per heavy atom. The van der Waals surface area contributed by atoms with Gasteiger partial charge < -0.3 is 25.2 Å². The Labute approximate surface area is 185 Å². The first-order valence-electron chi connectivity index (χ1n) is 11.2. The highest BCUT2D eigenvalue weighted by atomic mass is 16.5. The molecule has 0 bridgehead atoms. The molecule has 0 spiro atoms. The number of anilines is 1. The lowest BCUT2D eigenvalue weighted by Crippen LogP contribution is -3.06. The van der Waals surface area contributed by atoms with Crippen LogP contribution in [0.5, 0.6) is 0 Å². The molecule has 1 aromatic carbocycles. The maximum absolute atomic E-state index is 12.8. The molecule has 8 heteroatoms. The van der Waals surface area contributed by atoms with Gasteiger partial charge >= 0.3 is 12.0 Å². The third-order valence-electron chi connectivity index (χ3n) is 5.72. The number of amides is 3. The maximum Gasteiger partial charge on any atom is 0.338 e. The molecular formula is C23H37N4O4+. The molecule has 0 saturated carbocycles. The highest BCUT2D eigenvalue weighted by molar-refractivity contribution is 5.94. The van der Waals surface area contributed by atoms with Gasteiger partial charge in [-0.05, 0) is 43.4 Å². The minimum absolute atomic E-state index is 0.0957. The van der Waals surface area contributed by atoms with E-state index in [0.717, 1.165) is 19.4 Å². The van der Waals surface area contributed by atoms with Gasteiger partial charge in [0.1, 0.15) is 0 Å². The summed E-state index contributed by atoms with van der Waals surface area (Å²) in [6, 6.07) is 6.58. The van der Waals surface area contributed by atoms with Crippen molar-refractivity contribution in [3.63, 3.8) is 0 Å². The van der Waals surface area contributed by atoms with E-state index in [1.54, 1.807) is 36.1 Å². The first-order chi connectivity index (χ1) is 14.8. The van der Waals surface area contributed by atoms with Crippen molar-refractivity contribution >= 4 is 23.6 Å². The van der Waals surface area contributed by atoms with Gasteiger partial charge in [0, 0.05) is 25.2 Å². The molecule has 0 radical (unpaired) electrons. The number of hydrogen-bond donors (Lipinski definition) is 3. The SMILES string of the molecule is CCOC(=O)c1cccc(NC(=O)N2CC[C@@H](CC(=O)NCC[NH+](C)C)[C@@H](CC)C2)c1. The van der Waals surface area contributed by atoms with Gasteiger partial charge in [-0.1, -0.05) is 19.4 Å². The van der Waals surface area contributed by atoms with Crippen LogP contribution in [0.3, 0.4) is 0 Å². The molecule has 3 amide bonds. The number of nitrogens with zero attached hydrogens (tertiary/aromatic N) is 1. The number of urea groups is 1. The molecule has 0 aromatic heterocycles. The van der Waals surface area contributed by atoms with Crippen LogP contribution >= 0.6 is 0 Å². The molecule has 31 heavy (non-hydrogen) atoms. The molecule has 1 aliphatic rings. The third kappa shape index (κ3) is 7.86. The molecule has 8 nitrogen and oxygen atoms in total. The smallest absolute Gasteiger partial charge is 0.338 e. The van der Waals surface area contributed by atoms with Crippen molar-refractivity contribution in [2.24, 2.45) is 11.8 Å². The van der Waals surface area contributed by atoms with Crippen LogP contribution in [0.15, 0.2) is 24.3 Å². The summed E-state index contributed by atoms with van der Waals surface area (Å²) in [5.41, 5.74) is 0.972. The van der Waals surface area contributed by atoms with Crippen LogP contribution < -0.4 is 15.5 Å². The Kier molecular flexibility index (Phi) is 9.78. The van der Waals surface area contributed by atoms with Crippen LogP contribution in [0.2, 0.25) is 0 Å². The summed E-state index contributed by atoms with van der Waals surface area (Å²) in [5.74, 6) is 0.262. The number of piperidine rings is 1. The van der Waals surface area contributed by atoms with Crippen molar-refractivity contribution in [2.45, 2.75) is 33.1 Å². The van der Waals surface area contributed by atoms with Crippen molar-refractivity contribution in [3.8, 4) is 0 Å². The van der Waals surface area contributed by atoms with E-state index in [1.165, 1.54) is 4.90 Å². The number of esters is 1. The van der Waals surface area contributed by atoms with Gasteiger partial charge in [-0.2, -0.15) is 0 Å². The zero-order valence-corrected chi connectivity index (χ0v) is 19.2. The Bertz CT molecular complexity index is 753. The van der Waals surface area contributed by atoms with Crippen molar-refractivity contribution in [1.29, 1.82) is 0 Å². The van der Waals surface area contributed by atoms with E-state index < -0.39 is 5.97 Å². The fourth-order valence-electron chi connectivity index (χ4n) is 3.90. The number of likely N-dealkylation sites (N-methyl/N-ethyl adjacent to an activating group) is 1. The van der Waals surface area contributed by atoms with Crippen molar-refractivity contribution in [2.75, 3.05) is 52.2 Å². The zero-order valence-electron chi connectivity index (χ0n) is 19.2. The molecular weight excluding hydrogens is 396 g/mol. The molecule has 0 aliphatic carbocycles. The average molecular weight is 434 g/mol. The number of rotatable bonds is 9. The second kappa shape index (κ2) is 12.3. The number of benzene rings is 1. The topological polar surface area (TPSA) is 92.2 Å². The van der Waals surface area contributed by atoms with Crippen LogP contribution in [0, 0.1) is 11.8 Å². The average Bonchev–Trinajstić information content (AvgIpc) is 2.74. The van der Waals surface area contributed by atoms with Crippen LogP contribution in [0.4, 0.5) is 10.5 Å². The van der Waals surface area contributed by atoms with Gasteiger partial charge in [-0.15, -0.1) is 0 Å². The van der Waals surface area contributed by atoms with Crippen LogP contribution in [-0.2, 0) is 9.53 Å². The van der Waals surface area contributed by atoms with Crippen LogP contribution in [0.1, 0.15) is 43.5 Å². The number of carbonyl (C=O) groups is 3. The fraction of sp³-hybridized carbons (Fsp3) is 0.609. The molecule has 2 rings (SSSR count). The van der Waals surface area contributed by atoms with E-state index in [9.17, 15) is 14.4 Å². The van der Waals surface area contributed by atoms with Crippen molar-refractivity contribution < 1.29 is 24.0 Å². The van der Waals surface area contributed by atoms with Crippen LogP contribution in [-0.4, -0.2) is 69.7 Å². The van der Waals surface area contributed by atoms with E-state index >= 15 is 0 Å². The first-order valence-corrected chi connectivity index (χ1v) is 11.2. The predicted octanol–water partition coefficient (Wildman–Crippen LogP) is 1.39. The van der Waals surface area contributed by atoms with Gasteiger partial charge in [0.05, 0.1) is 39.4 Å². The van der Waals surface area contributed by atoms with Gasteiger partial charge in [0.25, 0.3) is 0 Å². The standard InChI is InChI=1S/C23H36N4O4/c1-5-17-16-27(12-10-18(17)15-21(28)24-11-13-26(3)4)23(30)25-20-9-7-8-19(14-20)22(29)31-6-2/h7-9,14,17-18H,5-6,10-13,15-16H2,1-4H3,(H,24,28)(H,25,30)/p+1/t17-,18-/m0/s1. The summed E-state index contributed by atoms with van der Waals surface area (Å²) in [5, 5.41) is 5.89. The van der Waals surface area contributed by atoms with E-state index in [2.05, 4.69) is 31.7 Å². The summed E-state index contributed by atoms with van der Waals surface area (Å²) in [6.45, 7) is 6.99. The number of nitrogens with one attached hydrogen (secondary N) is 3. The number of carbonyl (C=O) groups excluding carboxylic acids is 3. The molecule has 1 fully saturated rings. The van der Waals surface area contributed by atoms with Crippen LogP contribution in [0.25, 0.3) is 0 Å². The highest BCUT2D eigenvalue weighted by Crippen LogP contribution is 2.29. The lowest BCUT2D eigenvalue weighted by molar-refractivity contribution is -0.856. The molecule has 1 heterocycles. The maximum atomic E-state index is 12.8. The summed E-state index contributed by atoms with van der Waals surface area (Å²) in [4.78, 5) is 40.1. The van der Waals surface area contributed by atoms with E-state index in [1.807, 2.05) is 0 Å². The molecule has 3 N–H and O–H groups in total. The summed E-state index contributed by atoms with van der Waals surface area (Å²) >= 11 is 0. The summed E-state index contributed by atoms with van der Waals surface area (Å²) in [7, 11) is 4.13. The predicted molar refractivity (Wildman–Crippen MR) is 120 cm³/mol. The number of hydrogen-bond acceptors (Lipinski definition) is 4. The highest BCUT2D eigenvalue weighted by Gasteiger charge is 2.31. The lowest BCUT2D eigenvalue weighted by Gasteiger charge is -2.38. The van der Waals surface area contributed by atoms with Gasteiger partial charge in [-0.25, -0.2) is 9.59 Å². The number of ether oxygens (including phenoxy) is 1. The van der Waals surface area contributed by atoms with Crippen molar-refractivity contribution in [1.82, 2.24) is 10.2 Å². The summed E-state index contributed by atoms with van der Waals surface area (Å²) < 4.78 is 5.02. The van der Waals surface area contributed by atoms with Gasteiger partial charge in [-0.3, -0.25) is 4.79 Å². The Balaban J connectivity index is 1.89. The third-order valence-corrected chi connectivity index (χ3v) is 5.72. The Hall–Kier alpha value is -2.61. The minimum Gasteiger partial charge on any atom is -0.462 e. The Morgan fingerprint density at radius 2 is 1.97 bits per heavy atom. The van der Waals surface area contributed by atoms with Gasteiger partial charge in [0.2, 0.25) is 5.91 Å². The second-order valence-corrected chi connectivity index (χ2v) is 8.41. The van der Waals surface area contributed by atoms with E-state index in [4.69, 9.17) is 4.74 Å². The fourth-order valence-corrected chi connectivity index (χ4v) is 3.90. The Morgan fingerprint density at radius 1 is 1.19 bits per heavy atom. The van der Waals surface area contributed by atoms with Gasteiger partial charge in [0.15, 0.2) is 0 Å². The monoisotopic (exact) mass is 433 g/mol. The lowest BCUT2D eigenvalue weighted by atomic mass is 9.81. The van der Waals surface area contributed by atoms with E-state index in [0.29, 0.717) is 43.9 Å². The second-order valence-electron chi connectivity index (χ2n) is 8.41. The van der Waals surface area contributed by atoms with E-state index in [-0.39, 0.29) is 23.8 Å². The quantitative estimate of drug-likeness (QED) is 0.513.